The van der Waals surface area contributed by atoms with E-state index in [-0.39, 0.29) is 0 Å². The minimum Gasteiger partial charge on any atom is -0.249 e. The van der Waals surface area contributed by atoms with Gasteiger partial charge in [0.1, 0.15) is 0 Å². The average Bonchev–Trinajstić information content (AvgIpc) is 3.23. The van der Waals surface area contributed by atoms with E-state index in [4.69, 9.17) is 4.98 Å². The molecule has 8 aromatic carbocycles. The SMILES string of the molecule is N#C/C(=C\c1cccc(/C=C(\C#N)c2ccc(-c3c4ccccc4cc4ccccc34)cc2)n1)c1ccc(-c2c3ccccc3cc3ccccc23)cc1. The van der Waals surface area contributed by atoms with Crippen LogP contribution in [-0.4, -0.2) is 4.98 Å². The molecule has 0 unspecified atom stereocenters. The minimum atomic E-state index is 0.509. The molecule has 250 valence electrons. The number of hydrogen-bond acceptors (Lipinski definition) is 3. The van der Waals surface area contributed by atoms with Gasteiger partial charge in [-0.2, -0.15) is 10.5 Å². The zero-order chi connectivity index (χ0) is 36.4. The van der Waals surface area contributed by atoms with Crippen LogP contribution in [0.4, 0.5) is 0 Å². The third-order valence-corrected chi connectivity index (χ3v) is 10.1. The van der Waals surface area contributed by atoms with Gasteiger partial charge in [0, 0.05) is 0 Å². The van der Waals surface area contributed by atoms with Crippen molar-refractivity contribution in [2.24, 2.45) is 0 Å². The summed E-state index contributed by atoms with van der Waals surface area (Å²) in [5.74, 6) is 0. The van der Waals surface area contributed by atoms with Crippen molar-refractivity contribution in [3.8, 4) is 34.4 Å². The quantitative estimate of drug-likeness (QED) is 0.129. The van der Waals surface area contributed by atoms with Crippen LogP contribution in [0.1, 0.15) is 22.5 Å². The molecule has 0 bridgehead atoms. The first-order valence-corrected chi connectivity index (χ1v) is 17.9. The van der Waals surface area contributed by atoms with Gasteiger partial charge in [0.05, 0.1) is 34.7 Å². The van der Waals surface area contributed by atoms with E-state index in [1.807, 2.05) is 42.5 Å². The fourth-order valence-corrected chi connectivity index (χ4v) is 7.57. The smallest absolute Gasteiger partial charge is 0.0998 e. The summed E-state index contributed by atoms with van der Waals surface area (Å²) in [7, 11) is 0. The molecule has 0 fully saturated rings. The third-order valence-electron chi connectivity index (χ3n) is 10.1. The summed E-state index contributed by atoms with van der Waals surface area (Å²) in [4.78, 5) is 4.81. The van der Waals surface area contributed by atoms with Crippen LogP contribution >= 0.6 is 0 Å². The zero-order valence-corrected chi connectivity index (χ0v) is 29.2. The van der Waals surface area contributed by atoms with Gasteiger partial charge in [-0.05, 0) is 113 Å². The molecule has 1 aromatic heterocycles. The summed E-state index contributed by atoms with van der Waals surface area (Å²) in [6.07, 6.45) is 3.60. The van der Waals surface area contributed by atoms with Gasteiger partial charge < -0.3 is 0 Å². The molecule has 9 rings (SSSR count). The third kappa shape index (κ3) is 5.97. The lowest BCUT2D eigenvalue weighted by molar-refractivity contribution is 1.27. The van der Waals surface area contributed by atoms with Crippen LogP contribution in [0.2, 0.25) is 0 Å². The van der Waals surface area contributed by atoms with Crippen molar-refractivity contribution in [3.05, 3.63) is 198 Å². The van der Waals surface area contributed by atoms with Gasteiger partial charge in [0.25, 0.3) is 0 Å². The first-order chi connectivity index (χ1) is 26.7. The number of benzene rings is 8. The maximum Gasteiger partial charge on any atom is 0.0998 e. The van der Waals surface area contributed by atoms with Crippen LogP contribution < -0.4 is 0 Å². The Morgan fingerprint density at radius 3 is 1.06 bits per heavy atom. The lowest BCUT2D eigenvalue weighted by atomic mass is 9.91. The average molecular weight is 686 g/mol. The first kappa shape index (κ1) is 32.3. The monoisotopic (exact) mass is 685 g/mol. The lowest BCUT2D eigenvalue weighted by Crippen LogP contribution is -1.90. The van der Waals surface area contributed by atoms with E-state index in [9.17, 15) is 10.5 Å². The molecule has 3 nitrogen and oxygen atoms in total. The molecule has 0 saturated heterocycles. The Balaban J connectivity index is 1.01. The number of nitriles is 2. The zero-order valence-electron chi connectivity index (χ0n) is 29.2. The Hall–Kier alpha value is -7.59. The summed E-state index contributed by atoms with van der Waals surface area (Å²) in [5, 5.41) is 30.0. The number of pyridine rings is 1. The van der Waals surface area contributed by atoms with Gasteiger partial charge >= 0.3 is 0 Å². The van der Waals surface area contributed by atoms with Crippen LogP contribution in [0, 0.1) is 22.7 Å². The molecule has 0 aliphatic rings. The second kappa shape index (κ2) is 13.9. The van der Waals surface area contributed by atoms with Gasteiger partial charge in [0.15, 0.2) is 0 Å². The van der Waals surface area contributed by atoms with E-state index in [0.29, 0.717) is 22.5 Å². The standard InChI is InChI=1S/C51H31N3/c52-32-42(34-20-24-36(25-21-34)50-46-16-5-1-10-38(46)28-39-11-2-6-17-47(39)50)30-44-14-9-15-45(54-44)31-43(33-53)35-22-26-37(27-23-35)51-48-18-7-3-12-40(48)29-41-13-4-8-19-49(41)51/h1-31H/b42-30+,43-31+. The highest BCUT2D eigenvalue weighted by Gasteiger charge is 2.13. The predicted octanol–water partition coefficient (Wildman–Crippen LogP) is 13.2. The van der Waals surface area contributed by atoms with Crippen molar-refractivity contribution in [1.29, 1.82) is 10.5 Å². The molecule has 0 atom stereocenters. The molecule has 0 spiro atoms. The van der Waals surface area contributed by atoms with Crippen LogP contribution in [0.3, 0.4) is 0 Å². The lowest BCUT2D eigenvalue weighted by Gasteiger charge is -2.12. The second-order valence-corrected chi connectivity index (χ2v) is 13.4. The highest BCUT2D eigenvalue weighted by molar-refractivity contribution is 6.14. The maximum absolute atomic E-state index is 10.2. The molecule has 0 amide bonds. The fraction of sp³-hybridized carbons (Fsp3) is 0. The van der Waals surface area contributed by atoms with Crippen molar-refractivity contribution in [1.82, 2.24) is 4.98 Å². The van der Waals surface area contributed by atoms with Gasteiger partial charge in [-0.15, -0.1) is 0 Å². The summed E-state index contributed by atoms with van der Waals surface area (Å²) in [6, 6.07) is 65.1. The Bertz CT molecular complexity index is 2730. The number of allylic oxidation sites excluding steroid dienone is 2. The van der Waals surface area contributed by atoms with Crippen molar-refractivity contribution in [3.63, 3.8) is 0 Å². The van der Waals surface area contributed by atoms with E-state index in [1.54, 1.807) is 12.2 Å². The Morgan fingerprint density at radius 2 is 0.722 bits per heavy atom. The summed E-state index contributed by atoms with van der Waals surface area (Å²) in [6.45, 7) is 0. The summed E-state index contributed by atoms with van der Waals surface area (Å²) in [5.41, 5.74) is 8.47. The van der Waals surface area contributed by atoms with E-state index in [2.05, 4.69) is 146 Å². The Morgan fingerprint density at radius 1 is 0.389 bits per heavy atom. The predicted molar refractivity (Wildman–Crippen MR) is 225 cm³/mol. The van der Waals surface area contributed by atoms with Gasteiger partial charge in [-0.25, -0.2) is 4.98 Å². The second-order valence-electron chi connectivity index (χ2n) is 13.4. The van der Waals surface area contributed by atoms with Crippen LogP contribution in [0.25, 0.3) is 88.6 Å². The van der Waals surface area contributed by atoms with Crippen molar-refractivity contribution in [2.45, 2.75) is 0 Å². The molecule has 3 heteroatoms. The Kier molecular flexibility index (Phi) is 8.29. The first-order valence-electron chi connectivity index (χ1n) is 17.9. The van der Waals surface area contributed by atoms with E-state index >= 15 is 0 Å². The number of aromatic nitrogens is 1. The number of nitrogens with zero attached hydrogens (tertiary/aromatic N) is 3. The molecular formula is C51H31N3. The largest absolute Gasteiger partial charge is 0.249 e. The molecule has 1 heterocycles. The molecule has 0 saturated carbocycles. The molecule has 0 N–H and O–H groups in total. The number of hydrogen-bond donors (Lipinski definition) is 0. The highest BCUT2D eigenvalue weighted by atomic mass is 14.7. The summed E-state index contributed by atoms with van der Waals surface area (Å²) < 4.78 is 0. The molecule has 0 aliphatic heterocycles. The minimum absolute atomic E-state index is 0.509. The molecule has 0 aliphatic carbocycles. The maximum atomic E-state index is 10.2. The normalized spacial score (nSPS) is 11.9. The van der Waals surface area contributed by atoms with Crippen molar-refractivity contribution in [2.75, 3.05) is 0 Å². The molecule has 0 radical (unpaired) electrons. The van der Waals surface area contributed by atoms with E-state index < -0.39 is 0 Å². The Labute approximate surface area is 313 Å². The number of rotatable bonds is 6. The van der Waals surface area contributed by atoms with Gasteiger partial charge in [-0.3, -0.25) is 0 Å². The van der Waals surface area contributed by atoms with E-state index in [0.717, 1.165) is 22.3 Å². The highest BCUT2D eigenvalue weighted by Crippen LogP contribution is 2.38. The molecular weight excluding hydrogens is 655 g/mol. The van der Waals surface area contributed by atoms with Crippen LogP contribution in [0.5, 0.6) is 0 Å². The topological polar surface area (TPSA) is 60.5 Å². The fourth-order valence-electron chi connectivity index (χ4n) is 7.57. The van der Waals surface area contributed by atoms with Crippen LogP contribution in [-0.2, 0) is 0 Å². The number of fused-ring (bicyclic) bond motifs is 4. The van der Waals surface area contributed by atoms with Crippen molar-refractivity contribution >= 4 is 66.4 Å². The van der Waals surface area contributed by atoms with E-state index in [1.165, 1.54) is 54.2 Å². The van der Waals surface area contributed by atoms with Crippen molar-refractivity contribution < 1.29 is 0 Å². The summed E-state index contributed by atoms with van der Waals surface area (Å²) >= 11 is 0. The van der Waals surface area contributed by atoms with Crippen LogP contribution in [0.15, 0.2) is 176 Å². The van der Waals surface area contributed by atoms with Gasteiger partial charge in [0.2, 0.25) is 0 Å². The molecule has 54 heavy (non-hydrogen) atoms. The van der Waals surface area contributed by atoms with Gasteiger partial charge in [-0.1, -0.05) is 152 Å². The molecule has 9 aromatic rings.